The van der Waals surface area contributed by atoms with Gasteiger partial charge in [0.05, 0.1) is 19.2 Å². The molecule has 1 aromatic carbocycles. The monoisotopic (exact) mass is 216 g/mol. The highest BCUT2D eigenvalue weighted by molar-refractivity contribution is 5.48. The predicted octanol–water partition coefficient (Wildman–Crippen LogP) is 1.98. The summed E-state index contributed by atoms with van der Waals surface area (Å²) in [6, 6.07) is 10.7. The molecule has 1 atom stereocenters. The zero-order valence-corrected chi connectivity index (χ0v) is 9.52. The molecule has 0 bridgehead atoms. The summed E-state index contributed by atoms with van der Waals surface area (Å²) in [6.07, 6.45) is 0.768. The average molecular weight is 216 g/mol. The first kappa shape index (κ1) is 11.0. The molecule has 3 nitrogen and oxygen atoms in total. The Labute approximate surface area is 96.2 Å². The summed E-state index contributed by atoms with van der Waals surface area (Å²) < 4.78 is 5.32. The fourth-order valence-corrected chi connectivity index (χ4v) is 1.90. The number of nitriles is 1. The zero-order valence-electron chi connectivity index (χ0n) is 9.52. The van der Waals surface area contributed by atoms with Crippen molar-refractivity contribution >= 4 is 5.69 Å². The second kappa shape index (κ2) is 5.00. The largest absolute Gasteiger partial charge is 0.366 e. The maximum Gasteiger partial charge on any atom is 0.161 e. The zero-order chi connectivity index (χ0) is 11.4. The van der Waals surface area contributed by atoms with Crippen molar-refractivity contribution in [3.05, 3.63) is 29.8 Å². The molecule has 0 aromatic heterocycles. The number of anilines is 1. The number of benzene rings is 1. The van der Waals surface area contributed by atoms with Crippen LogP contribution < -0.4 is 4.90 Å². The number of ether oxygens (including phenoxy) is 1. The van der Waals surface area contributed by atoms with Gasteiger partial charge >= 0.3 is 0 Å². The molecule has 0 N–H and O–H groups in total. The normalized spacial score (nSPS) is 20.5. The Hall–Kier alpha value is -1.53. The molecule has 1 aliphatic rings. The van der Waals surface area contributed by atoms with Crippen molar-refractivity contribution in [2.75, 3.05) is 24.6 Å². The van der Waals surface area contributed by atoms with Gasteiger partial charge in [-0.2, -0.15) is 5.26 Å². The Morgan fingerprint density at radius 1 is 1.44 bits per heavy atom. The van der Waals surface area contributed by atoms with Gasteiger partial charge in [0.25, 0.3) is 0 Å². The summed E-state index contributed by atoms with van der Waals surface area (Å²) in [5, 5.41) is 8.84. The van der Waals surface area contributed by atoms with Crippen molar-refractivity contribution in [1.29, 1.82) is 5.26 Å². The number of aryl methyl sites for hydroxylation is 1. The van der Waals surface area contributed by atoms with Gasteiger partial charge in [-0.25, -0.2) is 0 Å². The molecule has 0 radical (unpaired) electrons. The third-order valence-electron chi connectivity index (χ3n) is 2.92. The lowest BCUT2D eigenvalue weighted by Crippen LogP contribution is -2.41. The van der Waals surface area contributed by atoms with Crippen LogP contribution in [0.25, 0.3) is 0 Å². The minimum absolute atomic E-state index is 0.292. The van der Waals surface area contributed by atoms with E-state index in [1.54, 1.807) is 0 Å². The van der Waals surface area contributed by atoms with Gasteiger partial charge in [-0.3, -0.25) is 0 Å². The summed E-state index contributed by atoms with van der Waals surface area (Å²) in [4.78, 5) is 2.21. The Bertz CT molecular complexity index is 380. The maximum atomic E-state index is 8.84. The molecule has 1 aromatic rings. The molecular formula is C13H16N2O. The van der Waals surface area contributed by atoms with Gasteiger partial charge in [0.1, 0.15) is 0 Å². The fraction of sp³-hybridized carbons (Fsp3) is 0.462. The number of hydrogen-bond acceptors (Lipinski definition) is 3. The molecule has 0 spiro atoms. The van der Waals surface area contributed by atoms with Crippen LogP contribution >= 0.6 is 0 Å². The minimum atomic E-state index is -0.292. The van der Waals surface area contributed by atoms with Crippen molar-refractivity contribution in [3.63, 3.8) is 0 Å². The first-order valence-electron chi connectivity index (χ1n) is 5.68. The highest BCUT2D eigenvalue weighted by Gasteiger charge is 2.19. The van der Waals surface area contributed by atoms with Crippen LogP contribution in [0.2, 0.25) is 0 Å². The first-order chi connectivity index (χ1) is 7.83. The number of nitrogens with zero attached hydrogens (tertiary/aromatic N) is 2. The van der Waals surface area contributed by atoms with Crippen molar-refractivity contribution < 1.29 is 4.74 Å². The summed E-state index contributed by atoms with van der Waals surface area (Å²) in [7, 11) is 0. The molecule has 2 rings (SSSR count). The second-order valence-electron chi connectivity index (χ2n) is 3.95. The van der Waals surface area contributed by atoms with Gasteiger partial charge in [-0.05, 0) is 24.1 Å². The second-order valence-corrected chi connectivity index (χ2v) is 3.95. The van der Waals surface area contributed by atoms with Gasteiger partial charge < -0.3 is 9.64 Å². The predicted molar refractivity (Wildman–Crippen MR) is 63.4 cm³/mol. The van der Waals surface area contributed by atoms with E-state index in [1.807, 2.05) is 0 Å². The van der Waals surface area contributed by atoms with Gasteiger partial charge in [-0.1, -0.05) is 19.1 Å². The van der Waals surface area contributed by atoms with Crippen molar-refractivity contribution in [2.24, 2.45) is 0 Å². The lowest BCUT2D eigenvalue weighted by Gasteiger charge is -2.31. The Morgan fingerprint density at radius 2 is 2.19 bits per heavy atom. The molecule has 1 saturated heterocycles. The summed E-state index contributed by atoms with van der Waals surface area (Å²) in [5.74, 6) is 0. The molecule has 16 heavy (non-hydrogen) atoms. The van der Waals surface area contributed by atoms with E-state index in [9.17, 15) is 0 Å². The van der Waals surface area contributed by atoms with Crippen LogP contribution in [0.4, 0.5) is 5.69 Å². The van der Waals surface area contributed by atoms with E-state index < -0.39 is 0 Å². The van der Waals surface area contributed by atoms with Gasteiger partial charge in [0, 0.05) is 12.2 Å². The Morgan fingerprint density at radius 3 is 2.81 bits per heavy atom. The van der Waals surface area contributed by atoms with Crippen LogP contribution in [0.3, 0.4) is 0 Å². The van der Waals surface area contributed by atoms with Crippen LogP contribution in [-0.2, 0) is 11.2 Å². The van der Waals surface area contributed by atoms with Gasteiger partial charge in [-0.15, -0.1) is 0 Å². The molecule has 1 fully saturated rings. The quantitative estimate of drug-likeness (QED) is 0.758. The molecule has 1 unspecified atom stereocenters. The van der Waals surface area contributed by atoms with E-state index >= 15 is 0 Å². The van der Waals surface area contributed by atoms with Crippen molar-refractivity contribution in [1.82, 2.24) is 0 Å². The van der Waals surface area contributed by atoms with Gasteiger partial charge in [0.2, 0.25) is 0 Å². The number of morpholine rings is 1. The highest BCUT2D eigenvalue weighted by atomic mass is 16.5. The number of hydrogen-bond donors (Lipinski definition) is 0. The summed E-state index contributed by atoms with van der Waals surface area (Å²) in [6.45, 7) is 4.31. The minimum Gasteiger partial charge on any atom is -0.366 e. The van der Waals surface area contributed by atoms with Crippen LogP contribution in [0.15, 0.2) is 24.3 Å². The van der Waals surface area contributed by atoms with Crippen LogP contribution in [0.1, 0.15) is 12.5 Å². The van der Waals surface area contributed by atoms with Gasteiger partial charge in [0.15, 0.2) is 6.10 Å². The first-order valence-corrected chi connectivity index (χ1v) is 5.68. The molecular weight excluding hydrogens is 200 g/mol. The van der Waals surface area contributed by atoms with E-state index in [-0.39, 0.29) is 6.10 Å². The SMILES string of the molecule is CCc1ccc(N2CCOC(C#N)C2)cc1. The maximum absolute atomic E-state index is 8.84. The van der Waals surface area contributed by atoms with Crippen LogP contribution in [0.5, 0.6) is 0 Å². The van der Waals surface area contributed by atoms with E-state index in [2.05, 4.69) is 42.2 Å². The Balaban J connectivity index is 2.08. The molecule has 1 aliphatic heterocycles. The summed E-state index contributed by atoms with van der Waals surface area (Å²) >= 11 is 0. The smallest absolute Gasteiger partial charge is 0.161 e. The van der Waals surface area contributed by atoms with Crippen molar-refractivity contribution in [3.8, 4) is 6.07 Å². The van der Waals surface area contributed by atoms with E-state index in [4.69, 9.17) is 10.00 Å². The number of rotatable bonds is 2. The average Bonchev–Trinajstić information content (AvgIpc) is 2.39. The Kier molecular flexibility index (Phi) is 3.43. The third-order valence-corrected chi connectivity index (χ3v) is 2.92. The standard InChI is InChI=1S/C13H16N2O/c1-2-11-3-5-12(6-4-11)15-7-8-16-13(9-14)10-15/h3-6,13H,2,7-8,10H2,1H3. The lowest BCUT2D eigenvalue weighted by atomic mass is 10.1. The highest BCUT2D eigenvalue weighted by Crippen LogP contribution is 2.18. The molecule has 0 aliphatic carbocycles. The van der Waals surface area contributed by atoms with Crippen molar-refractivity contribution in [2.45, 2.75) is 19.4 Å². The topological polar surface area (TPSA) is 36.3 Å². The van der Waals surface area contributed by atoms with E-state index in [1.165, 1.54) is 11.3 Å². The molecule has 3 heteroatoms. The summed E-state index contributed by atoms with van der Waals surface area (Å²) in [5.41, 5.74) is 2.52. The van der Waals surface area contributed by atoms with Crippen LogP contribution in [0, 0.1) is 11.3 Å². The molecule has 1 heterocycles. The molecule has 84 valence electrons. The molecule has 0 saturated carbocycles. The van der Waals surface area contributed by atoms with E-state index in [0.29, 0.717) is 13.2 Å². The third kappa shape index (κ3) is 2.34. The van der Waals surface area contributed by atoms with Crippen LogP contribution in [-0.4, -0.2) is 25.8 Å². The fourth-order valence-electron chi connectivity index (χ4n) is 1.90. The molecule has 0 amide bonds. The van der Waals surface area contributed by atoms with E-state index in [0.717, 1.165) is 13.0 Å². The lowest BCUT2D eigenvalue weighted by molar-refractivity contribution is 0.0764.